The van der Waals surface area contributed by atoms with E-state index in [9.17, 15) is 19.8 Å². The average Bonchev–Trinajstić information content (AvgIpc) is 3.57. The molecule has 4 heterocycles. The van der Waals surface area contributed by atoms with Gasteiger partial charge in [0.05, 0.1) is 24.7 Å². The Hall–Kier alpha value is -3.99. The van der Waals surface area contributed by atoms with Crippen LogP contribution in [0, 0.1) is 11.8 Å². The van der Waals surface area contributed by atoms with Gasteiger partial charge in [-0.25, -0.2) is 15.0 Å². The van der Waals surface area contributed by atoms with E-state index in [4.69, 9.17) is 14.9 Å². The van der Waals surface area contributed by atoms with Crippen molar-refractivity contribution in [3.8, 4) is 11.8 Å². The van der Waals surface area contributed by atoms with Crippen LogP contribution in [0.25, 0.3) is 11.2 Å². The fourth-order valence-corrected chi connectivity index (χ4v) is 4.25. The van der Waals surface area contributed by atoms with E-state index in [2.05, 4.69) is 32.1 Å². The average molecular weight is 495 g/mol. The lowest BCUT2D eigenvalue weighted by Gasteiger charge is -2.36. The van der Waals surface area contributed by atoms with Gasteiger partial charge >= 0.3 is 0 Å². The van der Waals surface area contributed by atoms with E-state index in [1.54, 1.807) is 11.0 Å². The maximum atomic E-state index is 12.9. The minimum Gasteiger partial charge on any atom is -0.472 e. The highest BCUT2D eigenvalue weighted by molar-refractivity contribution is 5.94. The smallest absolute Gasteiger partial charge is 0.258 e. The lowest BCUT2D eigenvalue weighted by molar-refractivity contribution is -0.137. The molecule has 4 atom stereocenters. The zero-order valence-electron chi connectivity index (χ0n) is 19.4. The van der Waals surface area contributed by atoms with Gasteiger partial charge in [0.2, 0.25) is 5.82 Å². The molecule has 1 saturated carbocycles. The molecule has 0 unspecified atom stereocenters. The van der Waals surface area contributed by atoms with E-state index in [0.29, 0.717) is 5.56 Å². The van der Waals surface area contributed by atoms with Gasteiger partial charge in [0.25, 0.3) is 11.8 Å². The number of hydrogen-bond acceptors (Lipinski definition) is 10. The van der Waals surface area contributed by atoms with Crippen LogP contribution >= 0.6 is 0 Å². The van der Waals surface area contributed by atoms with Crippen LogP contribution in [0.1, 0.15) is 41.7 Å². The van der Waals surface area contributed by atoms with Gasteiger partial charge in [0.15, 0.2) is 23.8 Å². The standard InChI is InChI=1S/C23H25N7O6/c1-25-21(33)18-16(31)17(32)23(36-18)30-11-26-15-19(24)27-14(28-20(15)30)6-3-8-29(13-4-2-5-13)22(34)12-7-9-35-10-12/h7,9-11,13,16-18,23,31-32H,2,4-5,8H2,1H3,(H,25,33)(H2,24,27,28)/t16-,17+,18-,23+/m0/s1. The van der Waals surface area contributed by atoms with Crippen molar-refractivity contribution in [3.05, 3.63) is 36.3 Å². The molecule has 0 radical (unpaired) electrons. The molecule has 3 aromatic rings. The summed E-state index contributed by atoms with van der Waals surface area (Å²) in [5.74, 6) is 5.21. The summed E-state index contributed by atoms with van der Waals surface area (Å²) in [5.41, 5.74) is 6.99. The number of imidazole rings is 1. The first-order valence-corrected chi connectivity index (χ1v) is 11.4. The van der Waals surface area contributed by atoms with Crippen molar-refractivity contribution in [2.45, 2.75) is 49.8 Å². The van der Waals surface area contributed by atoms with Crippen LogP contribution in [-0.4, -0.2) is 84.4 Å². The van der Waals surface area contributed by atoms with Crippen LogP contribution in [0.3, 0.4) is 0 Å². The molecule has 2 amide bonds. The fraction of sp³-hybridized carbons (Fsp3) is 0.435. The number of carbonyl (C=O) groups is 2. The molecule has 13 nitrogen and oxygen atoms in total. The highest BCUT2D eigenvalue weighted by Gasteiger charge is 2.47. The van der Waals surface area contributed by atoms with E-state index in [1.807, 2.05) is 0 Å². The zero-order chi connectivity index (χ0) is 25.4. The topological polar surface area (TPSA) is 182 Å². The van der Waals surface area contributed by atoms with Crippen LogP contribution in [-0.2, 0) is 9.53 Å². The summed E-state index contributed by atoms with van der Waals surface area (Å²) >= 11 is 0. The summed E-state index contributed by atoms with van der Waals surface area (Å²) in [6.45, 7) is 0.166. The maximum absolute atomic E-state index is 12.9. The molecule has 13 heteroatoms. The van der Waals surface area contributed by atoms with Crippen molar-refractivity contribution in [1.29, 1.82) is 0 Å². The molecular weight excluding hydrogens is 470 g/mol. The lowest BCUT2D eigenvalue weighted by atomic mass is 9.91. The van der Waals surface area contributed by atoms with Gasteiger partial charge in [-0.1, -0.05) is 5.92 Å². The van der Waals surface area contributed by atoms with Gasteiger partial charge in [-0.15, -0.1) is 0 Å². The molecule has 1 aliphatic heterocycles. The molecule has 5 N–H and O–H groups in total. The number of nitrogens with one attached hydrogen (secondary N) is 1. The Kier molecular flexibility index (Phi) is 6.31. The maximum Gasteiger partial charge on any atom is 0.258 e. The number of aromatic nitrogens is 4. The predicted molar refractivity (Wildman–Crippen MR) is 124 cm³/mol. The summed E-state index contributed by atoms with van der Waals surface area (Å²) in [5, 5.41) is 23.2. The molecule has 0 spiro atoms. The molecule has 188 valence electrons. The molecule has 1 saturated heterocycles. The Labute approximate surface area is 205 Å². The second kappa shape index (κ2) is 9.57. The zero-order valence-corrected chi connectivity index (χ0v) is 19.4. The van der Waals surface area contributed by atoms with Crippen molar-refractivity contribution in [2.75, 3.05) is 19.3 Å². The Balaban J connectivity index is 1.41. The van der Waals surface area contributed by atoms with Gasteiger partial charge in [-0.3, -0.25) is 14.2 Å². The molecule has 36 heavy (non-hydrogen) atoms. The van der Waals surface area contributed by atoms with Crippen molar-refractivity contribution in [1.82, 2.24) is 29.7 Å². The Morgan fingerprint density at radius 1 is 1.31 bits per heavy atom. The van der Waals surface area contributed by atoms with Gasteiger partial charge in [-0.2, -0.15) is 0 Å². The highest BCUT2D eigenvalue weighted by Crippen LogP contribution is 2.32. The number of furan rings is 1. The van der Waals surface area contributed by atoms with Crippen molar-refractivity contribution in [2.24, 2.45) is 0 Å². The summed E-state index contributed by atoms with van der Waals surface area (Å²) in [7, 11) is 1.40. The lowest BCUT2D eigenvalue weighted by Crippen LogP contribution is -2.44. The molecular formula is C23H25N7O6. The summed E-state index contributed by atoms with van der Waals surface area (Å²) < 4.78 is 12.0. The SMILES string of the molecule is CNC(=O)[C@H]1O[C@@H](n2cnc3c(N)nc(C#CCN(C(=O)c4ccoc4)C4CCC4)nc32)[C@H](O)[C@@H]1O. The second-order valence-corrected chi connectivity index (χ2v) is 8.63. The van der Waals surface area contributed by atoms with Gasteiger partial charge in [0.1, 0.15) is 24.0 Å². The van der Waals surface area contributed by atoms with Crippen LogP contribution in [0.15, 0.2) is 29.3 Å². The monoisotopic (exact) mass is 495 g/mol. The fourth-order valence-electron chi connectivity index (χ4n) is 4.25. The Morgan fingerprint density at radius 2 is 2.11 bits per heavy atom. The molecule has 2 fully saturated rings. The summed E-state index contributed by atoms with van der Waals surface area (Å²) in [6.07, 6.45) is 1.80. The van der Waals surface area contributed by atoms with E-state index in [1.165, 1.54) is 30.5 Å². The highest BCUT2D eigenvalue weighted by atomic mass is 16.6. The van der Waals surface area contributed by atoms with E-state index in [-0.39, 0.29) is 41.3 Å². The van der Waals surface area contributed by atoms with Crippen LogP contribution in [0.2, 0.25) is 0 Å². The minimum absolute atomic E-state index is 0.0595. The molecule has 0 aromatic carbocycles. The summed E-state index contributed by atoms with van der Waals surface area (Å²) in [4.78, 5) is 39.3. The van der Waals surface area contributed by atoms with Gasteiger partial charge < -0.3 is 35.3 Å². The first-order chi connectivity index (χ1) is 17.4. The number of amides is 2. The number of aliphatic hydroxyl groups is 2. The second-order valence-electron chi connectivity index (χ2n) is 8.63. The third-order valence-electron chi connectivity index (χ3n) is 6.46. The molecule has 5 rings (SSSR count). The molecule has 3 aromatic heterocycles. The quantitative estimate of drug-likeness (QED) is 0.334. The number of hydrogen-bond donors (Lipinski definition) is 4. The van der Waals surface area contributed by atoms with Gasteiger partial charge in [0, 0.05) is 13.1 Å². The number of rotatable bonds is 5. The predicted octanol–water partition coefficient (Wildman–Crippen LogP) is -0.587. The first kappa shape index (κ1) is 23.7. The number of nitrogen functional groups attached to an aromatic ring is 1. The van der Waals surface area contributed by atoms with Crippen molar-refractivity contribution < 1.29 is 29.0 Å². The molecule has 2 aliphatic rings. The van der Waals surface area contributed by atoms with E-state index < -0.39 is 30.4 Å². The molecule has 0 bridgehead atoms. The molecule has 1 aliphatic carbocycles. The number of nitrogens with zero attached hydrogens (tertiary/aromatic N) is 5. The number of nitrogens with two attached hydrogens (primary N) is 1. The van der Waals surface area contributed by atoms with Crippen LogP contribution < -0.4 is 11.1 Å². The number of ether oxygens (including phenoxy) is 1. The first-order valence-electron chi connectivity index (χ1n) is 11.4. The number of fused-ring (bicyclic) bond motifs is 1. The number of carbonyl (C=O) groups excluding carboxylic acids is 2. The van der Waals surface area contributed by atoms with Crippen molar-refractivity contribution >= 4 is 28.8 Å². The number of aliphatic hydroxyl groups excluding tert-OH is 2. The third kappa shape index (κ3) is 4.15. The van der Waals surface area contributed by atoms with Crippen LogP contribution in [0.4, 0.5) is 5.82 Å². The number of likely N-dealkylation sites (N-methyl/N-ethyl adjacent to an activating group) is 1. The Bertz CT molecular complexity index is 1340. The third-order valence-corrected chi connectivity index (χ3v) is 6.46. The largest absolute Gasteiger partial charge is 0.472 e. The van der Waals surface area contributed by atoms with E-state index in [0.717, 1.165) is 19.3 Å². The van der Waals surface area contributed by atoms with E-state index >= 15 is 0 Å². The minimum atomic E-state index is -1.45. The van der Waals surface area contributed by atoms with Crippen LogP contribution in [0.5, 0.6) is 0 Å². The normalized spacial score (nSPS) is 23.6. The Morgan fingerprint density at radius 3 is 2.78 bits per heavy atom. The number of anilines is 1. The van der Waals surface area contributed by atoms with Gasteiger partial charge in [-0.05, 0) is 31.2 Å². The van der Waals surface area contributed by atoms with Crippen molar-refractivity contribution in [3.63, 3.8) is 0 Å². The summed E-state index contributed by atoms with van der Waals surface area (Å²) in [6, 6.07) is 1.73.